The van der Waals surface area contributed by atoms with Crippen LogP contribution in [-0.4, -0.2) is 17.6 Å². The van der Waals surface area contributed by atoms with Crippen LogP contribution in [0.1, 0.15) is 28.8 Å². The molecule has 1 saturated carbocycles. The number of rotatable bonds is 3. The lowest BCUT2D eigenvalue weighted by atomic mass is 9.94. The summed E-state index contributed by atoms with van der Waals surface area (Å²) in [6.45, 7) is 0.607. The second-order valence-electron chi connectivity index (χ2n) is 3.87. The quantitative estimate of drug-likeness (QED) is 0.758. The molecule has 1 aromatic rings. The van der Waals surface area contributed by atoms with Crippen molar-refractivity contribution in [3.8, 4) is 0 Å². The van der Waals surface area contributed by atoms with Crippen molar-refractivity contribution in [1.29, 1.82) is 0 Å². The second kappa shape index (κ2) is 3.10. The Hall–Kier alpha value is -1.35. The summed E-state index contributed by atoms with van der Waals surface area (Å²) >= 11 is 0. The van der Waals surface area contributed by atoms with Gasteiger partial charge in [0.2, 0.25) is 0 Å². The molecule has 0 amide bonds. The van der Waals surface area contributed by atoms with E-state index in [1.54, 1.807) is 18.2 Å². The summed E-state index contributed by atoms with van der Waals surface area (Å²) in [7, 11) is 0. The normalized spacial score (nSPS) is 17.8. The third-order valence-corrected chi connectivity index (χ3v) is 2.97. The van der Waals surface area contributed by atoms with Gasteiger partial charge in [-0.2, -0.15) is 0 Å². The molecule has 1 aromatic carbocycles. The number of hydrogen-bond acceptors (Lipinski definition) is 2. The first-order valence-corrected chi connectivity index (χ1v) is 4.72. The van der Waals surface area contributed by atoms with E-state index < -0.39 is 5.97 Å². The Morgan fingerprint density at radius 3 is 2.71 bits per heavy atom. The lowest BCUT2D eigenvalue weighted by Crippen LogP contribution is -2.20. The van der Waals surface area contributed by atoms with Gasteiger partial charge in [-0.15, -0.1) is 0 Å². The molecule has 0 atom stereocenters. The van der Waals surface area contributed by atoms with Gasteiger partial charge in [0.05, 0.1) is 5.56 Å². The molecule has 3 nitrogen and oxygen atoms in total. The van der Waals surface area contributed by atoms with Crippen molar-refractivity contribution in [2.75, 3.05) is 6.54 Å². The van der Waals surface area contributed by atoms with E-state index in [-0.39, 0.29) is 5.41 Å². The third kappa shape index (κ3) is 1.40. The molecule has 0 unspecified atom stereocenters. The highest BCUT2D eigenvalue weighted by atomic mass is 16.4. The van der Waals surface area contributed by atoms with Gasteiger partial charge in [-0.25, -0.2) is 4.79 Å². The Bertz CT molecular complexity index is 369. The monoisotopic (exact) mass is 191 g/mol. The van der Waals surface area contributed by atoms with E-state index in [4.69, 9.17) is 10.8 Å². The summed E-state index contributed by atoms with van der Waals surface area (Å²) in [5.74, 6) is -0.875. The average molecular weight is 191 g/mol. The van der Waals surface area contributed by atoms with Crippen molar-refractivity contribution < 1.29 is 9.90 Å². The van der Waals surface area contributed by atoms with Crippen LogP contribution in [-0.2, 0) is 5.41 Å². The molecule has 1 aliphatic carbocycles. The lowest BCUT2D eigenvalue weighted by Gasteiger charge is -2.12. The van der Waals surface area contributed by atoms with Gasteiger partial charge in [0.15, 0.2) is 0 Å². The van der Waals surface area contributed by atoms with E-state index in [0.29, 0.717) is 12.1 Å². The van der Waals surface area contributed by atoms with E-state index >= 15 is 0 Å². The molecule has 0 heterocycles. The van der Waals surface area contributed by atoms with Crippen LogP contribution in [0.2, 0.25) is 0 Å². The van der Waals surface area contributed by atoms with E-state index in [1.807, 2.05) is 6.07 Å². The Morgan fingerprint density at radius 2 is 2.21 bits per heavy atom. The molecule has 14 heavy (non-hydrogen) atoms. The lowest BCUT2D eigenvalue weighted by molar-refractivity contribution is 0.0696. The SMILES string of the molecule is NCC1(c2cccc(C(=O)O)c2)CC1. The van der Waals surface area contributed by atoms with E-state index in [0.717, 1.165) is 18.4 Å². The molecule has 2 rings (SSSR count). The van der Waals surface area contributed by atoms with Crippen LogP contribution in [0, 0.1) is 0 Å². The molecule has 1 fully saturated rings. The first-order valence-electron chi connectivity index (χ1n) is 4.72. The third-order valence-electron chi connectivity index (χ3n) is 2.97. The van der Waals surface area contributed by atoms with Gasteiger partial charge in [-0.05, 0) is 30.5 Å². The number of carboxylic acids is 1. The fraction of sp³-hybridized carbons (Fsp3) is 0.364. The minimum Gasteiger partial charge on any atom is -0.478 e. The van der Waals surface area contributed by atoms with Gasteiger partial charge in [0.1, 0.15) is 0 Å². The topological polar surface area (TPSA) is 63.3 Å². The smallest absolute Gasteiger partial charge is 0.335 e. The molecule has 0 spiro atoms. The summed E-state index contributed by atoms with van der Waals surface area (Å²) in [6, 6.07) is 7.10. The molecular formula is C11H13NO2. The largest absolute Gasteiger partial charge is 0.478 e. The van der Waals surface area contributed by atoms with Crippen LogP contribution in [0.4, 0.5) is 0 Å². The van der Waals surface area contributed by atoms with E-state index in [2.05, 4.69) is 0 Å². The highest BCUT2D eigenvalue weighted by molar-refractivity contribution is 5.87. The van der Waals surface area contributed by atoms with Crippen LogP contribution >= 0.6 is 0 Å². The van der Waals surface area contributed by atoms with Crippen molar-refractivity contribution in [3.63, 3.8) is 0 Å². The maximum atomic E-state index is 10.8. The highest BCUT2D eigenvalue weighted by Crippen LogP contribution is 2.47. The first kappa shape index (κ1) is 9.21. The van der Waals surface area contributed by atoms with Gasteiger partial charge in [0.25, 0.3) is 0 Å². The van der Waals surface area contributed by atoms with Crippen LogP contribution in [0.3, 0.4) is 0 Å². The minimum absolute atomic E-state index is 0.0749. The van der Waals surface area contributed by atoms with E-state index in [9.17, 15) is 4.79 Å². The maximum absolute atomic E-state index is 10.8. The predicted octanol–water partition coefficient (Wildman–Crippen LogP) is 1.38. The minimum atomic E-state index is -0.875. The molecule has 0 bridgehead atoms. The number of benzene rings is 1. The maximum Gasteiger partial charge on any atom is 0.335 e. The van der Waals surface area contributed by atoms with Gasteiger partial charge >= 0.3 is 5.97 Å². The molecule has 0 saturated heterocycles. The fourth-order valence-corrected chi connectivity index (χ4v) is 1.74. The van der Waals surface area contributed by atoms with Crippen LogP contribution in [0.25, 0.3) is 0 Å². The average Bonchev–Trinajstić information content (AvgIpc) is 2.98. The summed E-state index contributed by atoms with van der Waals surface area (Å²) in [5, 5.41) is 8.84. The molecule has 0 aliphatic heterocycles. The number of nitrogens with two attached hydrogens (primary N) is 1. The standard InChI is InChI=1S/C11H13NO2/c12-7-11(4-5-11)9-3-1-2-8(6-9)10(13)14/h1-3,6H,4-5,7,12H2,(H,13,14). The van der Waals surface area contributed by atoms with Gasteiger partial charge in [-0.3, -0.25) is 0 Å². The van der Waals surface area contributed by atoms with E-state index in [1.165, 1.54) is 0 Å². The summed E-state index contributed by atoms with van der Waals surface area (Å²) in [5.41, 5.74) is 7.17. The molecular weight excluding hydrogens is 178 g/mol. The highest BCUT2D eigenvalue weighted by Gasteiger charge is 2.42. The number of carbonyl (C=O) groups is 1. The summed E-state index contributed by atoms with van der Waals surface area (Å²) < 4.78 is 0. The van der Waals surface area contributed by atoms with Crippen molar-refractivity contribution in [3.05, 3.63) is 35.4 Å². The van der Waals surface area contributed by atoms with Crippen molar-refractivity contribution in [2.24, 2.45) is 5.73 Å². The number of aromatic carboxylic acids is 1. The predicted molar refractivity (Wildman–Crippen MR) is 53.4 cm³/mol. The molecule has 0 aromatic heterocycles. The Kier molecular flexibility index (Phi) is 2.04. The second-order valence-corrected chi connectivity index (χ2v) is 3.87. The number of carboxylic acid groups (broad SMARTS) is 1. The molecule has 3 N–H and O–H groups in total. The zero-order chi connectivity index (χ0) is 10.2. The van der Waals surface area contributed by atoms with Crippen LogP contribution in [0.15, 0.2) is 24.3 Å². The molecule has 0 radical (unpaired) electrons. The first-order chi connectivity index (χ1) is 6.68. The Labute approximate surface area is 82.5 Å². The van der Waals surface area contributed by atoms with Crippen molar-refractivity contribution >= 4 is 5.97 Å². The van der Waals surface area contributed by atoms with Crippen molar-refractivity contribution in [1.82, 2.24) is 0 Å². The summed E-state index contributed by atoms with van der Waals surface area (Å²) in [4.78, 5) is 10.8. The van der Waals surface area contributed by atoms with Gasteiger partial charge < -0.3 is 10.8 Å². The Balaban J connectivity index is 2.36. The fourth-order valence-electron chi connectivity index (χ4n) is 1.74. The van der Waals surface area contributed by atoms with Crippen LogP contribution in [0.5, 0.6) is 0 Å². The number of hydrogen-bond donors (Lipinski definition) is 2. The zero-order valence-electron chi connectivity index (χ0n) is 7.86. The van der Waals surface area contributed by atoms with Crippen molar-refractivity contribution in [2.45, 2.75) is 18.3 Å². The summed E-state index contributed by atoms with van der Waals surface area (Å²) in [6.07, 6.45) is 2.15. The molecule has 3 heteroatoms. The Morgan fingerprint density at radius 1 is 1.50 bits per heavy atom. The molecule has 1 aliphatic rings. The van der Waals surface area contributed by atoms with Crippen LogP contribution < -0.4 is 5.73 Å². The van der Waals surface area contributed by atoms with Gasteiger partial charge in [-0.1, -0.05) is 12.1 Å². The van der Waals surface area contributed by atoms with Gasteiger partial charge in [0, 0.05) is 12.0 Å². The zero-order valence-corrected chi connectivity index (χ0v) is 7.86. The molecule has 74 valence electrons.